The molecule has 0 fully saturated rings. The molecule has 1 aromatic heterocycles. The molecule has 4 nitrogen and oxygen atoms in total. The molecule has 0 saturated heterocycles. The number of nitrogens with one attached hydrogen (secondary N) is 1. The van der Waals surface area contributed by atoms with Gasteiger partial charge >= 0.3 is 0 Å². The Hall–Kier alpha value is -2.93. The van der Waals surface area contributed by atoms with Crippen LogP contribution in [0, 0.1) is 18.3 Å². The zero-order chi connectivity index (χ0) is 15.2. The molecule has 0 aliphatic rings. The van der Waals surface area contributed by atoms with Crippen molar-refractivity contribution in [3.63, 3.8) is 0 Å². The lowest BCUT2D eigenvalue weighted by Crippen LogP contribution is -2.09. The van der Waals surface area contributed by atoms with Gasteiger partial charge in [-0.2, -0.15) is 5.26 Å². The maximum atomic E-state index is 12.3. The Kier molecular flexibility index (Phi) is 4.47. The van der Waals surface area contributed by atoms with Crippen molar-refractivity contribution in [2.24, 2.45) is 0 Å². The van der Waals surface area contributed by atoms with Gasteiger partial charge in [-0.3, -0.25) is 4.79 Å². The zero-order valence-corrected chi connectivity index (χ0v) is 11.9. The number of hydrogen-bond donors (Lipinski definition) is 1. The Bertz CT molecular complexity index is 710. The molecule has 0 atom stereocenters. The van der Waals surface area contributed by atoms with Crippen molar-refractivity contribution < 1.29 is 4.79 Å². The maximum absolute atomic E-state index is 12.3. The fourth-order valence-corrected chi connectivity index (χ4v) is 1.84. The van der Waals surface area contributed by atoms with E-state index in [-0.39, 0.29) is 11.4 Å². The lowest BCUT2D eigenvalue weighted by Gasteiger charge is -2.08. The molecular formula is C17H15N3O. The average Bonchev–Trinajstić information content (AvgIpc) is 2.51. The largest absolute Gasteiger partial charge is 0.343 e. The highest BCUT2D eigenvalue weighted by atomic mass is 16.1. The Morgan fingerprint density at radius 2 is 1.90 bits per heavy atom. The van der Waals surface area contributed by atoms with Gasteiger partial charge < -0.3 is 5.32 Å². The van der Waals surface area contributed by atoms with Crippen LogP contribution in [-0.4, -0.2) is 10.8 Å². The van der Waals surface area contributed by atoms with E-state index in [1.807, 2.05) is 25.1 Å². The van der Waals surface area contributed by atoms with Crippen LogP contribution in [0.3, 0.4) is 0 Å². The third-order valence-corrected chi connectivity index (χ3v) is 2.98. The summed E-state index contributed by atoms with van der Waals surface area (Å²) in [5.74, 6) is 0.307. The van der Waals surface area contributed by atoms with E-state index in [0.717, 1.165) is 5.56 Å². The summed E-state index contributed by atoms with van der Waals surface area (Å²) in [7, 11) is 0. The Morgan fingerprint density at radius 3 is 2.48 bits per heavy atom. The predicted molar refractivity (Wildman–Crippen MR) is 81.7 cm³/mol. The smallest absolute Gasteiger partial charge is 0.205 e. The standard InChI is InChI=1S/C17H15N3O/c1-12-8-9-16(19-11-12)20-13(2)15(10-18)17(21)14-6-4-3-5-7-14/h3-9,11H,1-2H3,(H,19,20)/b15-13+. The molecule has 2 aromatic rings. The lowest BCUT2D eigenvalue weighted by atomic mass is 10.0. The van der Waals surface area contributed by atoms with Crippen LogP contribution in [0.2, 0.25) is 0 Å². The number of ketones is 1. The van der Waals surface area contributed by atoms with E-state index in [0.29, 0.717) is 17.1 Å². The summed E-state index contributed by atoms with van der Waals surface area (Å²) < 4.78 is 0. The van der Waals surface area contributed by atoms with Crippen LogP contribution < -0.4 is 5.32 Å². The van der Waals surface area contributed by atoms with E-state index in [4.69, 9.17) is 0 Å². The summed E-state index contributed by atoms with van der Waals surface area (Å²) in [5.41, 5.74) is 2.11. The first kappa shape index (κ1) is 14.5. The average molecular weight is 277 g/mol. The molecule has 0 bridgehead atoms. The van der Waals surface area contributed by atoms with Gasteiger partial charge in [-0.15, -0.1) is 0 Å². The highest BCUT2D eigenvalue weighted by molar-refractivity contribution is 6.11. The quantitative estimate of drug-likeness (QED) is 0.528. The SMILES string of the molecule is C/C(Nc1ccc(C)cn1)=C(/C#N)C(=O)c1ccccc1. The molecule has 104 valence electrons. The number of hydrogen-bond acceptors (Lipinski definition) is 4. The first-order valence-electron chi connectivity index (χ1n) is 6.52. The molecule has 0 radical (unpaired) electrons. The second kappa shape index (κ2) is 6.49. The van der Waals surface area contributed by atoms with Crippen LogP contribution >= 0.6 is 0 Å². The number of carbonyl (C=O) groups excluding carboxylic acids is 1. The highest BCUT2D eigenvalue weighted by Gasteiger charge is 2.15. The normalized spacial score (nSPS) is 11.3. The van der Waals surface area contributed by atoms with Gasteiger partial charge in [-0.05, 0) is 25.5 Å². The number of allylic oxidation sites excluding steroid dienone is 2. The molecular weight excluding hydrogens is 262 g/mol. The fraction of sp³-hybridized carbons (Fsp3) is 0.118. The third-order valence-electron chi connectivity index (χ3n) is 2.98. The topological polar surface area (TPSA) is 65.8 Å². The number of nitrogens with zero attached hydrogens (tertiary/aromatic N) is 2. The third kappa shape index (κ3) is 3.54. The van der Waals surface area contributed by atoms with E-state index in [1.54, 1.807) is 43.5 Å². The summed E-state index contributed by atoms with van der Waals surface area (Å²) >= 11 is 0. The Balaban J connectivity index is 2.28. The van der Waals surface area contributed by atoms with Gasteiger partial charge in [0, 0.05) is 17.5 Å². The maximum Gasteiger partial charge on any atom is 0.205 e. The van der Waals surface area contributed by atoms with E-state index in [2.05, 4.69) is 10.3 Å². The van der Waals surface area contributed by atoms with Crippen molar-refractivity contribution in [2.75, 3.05) is 5.32 Å². The molecule has 0 amide bonds. The number of nitriles is 1. The first-order valence-corrected chi connectivity index (χ1v) is 6.52. The minimum Gasteiger partial charge on any atom is -0.343 e. The van der Waals surface area contributed by atoms with E-state index < -0.39 is 0 Å². The molecule has 4 heteroatoms. The van der Waals surface area contributed by atoms with Gasteiger partial charge in [0.25, 0.3) is 0 Å². The molecule has 1 heterocycles. The summed E-state index contributed by atoms with van der Waals surface area (Å²) in [4.78, 5) is 16.5. The van der Waals surface area contributed by atoms with Crippen LogP contribution in [0.25, 0.3) is 0 Å². The number of Topliss-reactive ketones (excluding diaryl/α,β-unsaturated/α-hetero) is 1. The number of aryl methyl sites for hydroxylation is 1. The van der Waals surface area contributed by atoms with Crippen molar-refractivity contribution in [3.05, 3.63) is 71.1 Å². The van der Waals surface area contributed by atoms with Crippen molar-refractivity contribution >= 4 is 11.6 Å². The van der Waals surface area contributed by atoms with Crippen LogP contribution in [0.4, 0.5) is 5.82 Å². The van der Waals surface area contributed by atoms with Crippen LogP contribution in [0.5, 0.6) is 0 Å². The van der Waals surface area contributed by atoms with Gasteiger partial charge in [-0.1, -0.05) is 36.4 Å². The van der Waals surface area contributed by atoms with Crippen LogP contribution in [-0.2, 0) is 0 Å². The van der Waals surface area contributed by atoms with E-state index >= 15 is 0 Å². The molecule has 2 rings (SSSR count). The van der Waals surface area contributed by atoms with Gasteiger partial charge in [0.05, 0.1) is 0 Å². The number of benzene rings is 1. The number of carbonyl (C=O) groups is 1. The van der Waals surface area contributed by atoms with E-state index in [9.17, 15) is 10.1 Å². The molecule has 0 spiro atoms. The minimum atomic E-state index is -0.296. The second-order valence-electron chi connectivity index (χ2n) is 4.65. The molecule has 1 N–H and O–H groups in total. The molecule has 21 heavy (non-hydrogen) atoms. The number of pyridine rings is 1. The molecule has 0 unspecified atom stereocenters. The Morgan fingerprint density at radius 1 is 1.19 bits per heavy atom. The van der Waals surface area contributed by atoms with E-state index in [1.165, 1.54) is 0 Å². The summed E-state index contributed by atoms with van der Waals surface area (Å²) in [5, 5.41) is 12.3. The number of aromatic nitrogens is 1. The number of rotatable bonds is 4. The first-order chi connectivity index (χ1) is 10.1. The monoisotopic (exact) mass is 277 g/mol. The molecule has 0 saturated carbocycles. The van der Waals surface area contributed by atoms with Crippen LogP contribution in [0.15, 0.2) is 59.9 Å². The summed E-state index contributed by atoms with van der Waals surface area (Å²) in [6, 6.07) is 14.4. The minimum absolute atomic E-state index is 0.0866. The Labute approximate surface area is 123 Å². The molecule has 0 aliphatic heterocycles. The van der Waals surface area contributed by atoms with Crippen molar-refractivity contribution in [1.82, 2.24) is 4.98 Å². The molecule has 1 aromatic carbocycles. The second-order valence-corrected chi connectivity index (χ2v) is 4.65. The van der Waals surface area contributed by atoms with Gasteiger partial charge in [0.2, 0.25) is 5.78 Å². The van der Waals surface area contributed by atoms with Crippen molar-refractivity contribution in [2.45, 2.75) is 13.8 Å². The molecule has 0 aliphatic carbocycles. The fourth-order valence-electron chi connectivity index (χ4n) is 1.84. The zero-order valence-electron chi connectivity index (χ0n) is 11.9. The van der Waals surface area contributed by atoms with Gasteiger partial charge in [0.15, 0.2) is 0 Å². The van der Waals surface area contributed by atoms with Crippen molar-refractivity contribution in [1.29, 1.82) is 5.26 Å². The van der Waals surface area contributed by atoms with Crippen LogP contribution in [0.1, 0.15) is 22.8 Å². The summed E-state index contributed by atoms with van der Waals surface area (Å²) in [6.45, 7) is 3.64. The number of anilines is 1. The van der Waals surface area contributed by atoms with Gasteiger partial charge in [0.1, 0.15) is 17.5 Å². The van der Waals surface area contributed by atoms with Gasteiger partial charge in [-0.25, -0.2) is 4.98 Å². The lowest BCUT2D eigenvalue weighted by molar-refractivity contribution is 0.103. The highest BCUT2D eigenvalue weighted by Crippen LogP contribution is 2.14. The summed E-state index contributed by atoms with van der Waals surface area (Å²) in [6.07, 6.45) is 1.72. The predicted octanol–water partition coefficient (Wildman–Crippen LogP) is 3.48. The van der Waals surface area contributed by atoms with Crippen molar-refractivity contribution in [3.8, 4) is 6.07 Å².